The second-order valence-electron chi connectivity index (χ2n) is 5.04. The topological polar surface area (TPSA) is 72.5 Å². The van der Waals surface area contributed by atoms with Crippen molar-refractivity contribution in [1.29, 1.82) is 0 Å². The van der Waals surface area contributed by atoms with Gasteiger partial charge in [-0.2, -0.15) is 0 Å². The van der Waals surface area contributed by atoms with Gasteiger partial charge in [-0.3, -0.25) is 0 Å². The van der Waals surface area contributed by atoms with Crippen molar-refractivity contribution in [3.05, 3.63) is 63.6 Å². The third-order valence-corrected chi connectivity index (χ3v) is 5.62. The van der Waals surface area contributed by atoms with Crippen molar-refractivity contribution in [2.24, 2.45) is 0 Å². The largest absolute Gasteiger partial charge is 0.465 e. The summed E-state index contributed by atoms with van der Waals surface area (Å²) < 4.78 is 32.2. The van der Waals surface area contributed by atoms with Gasteiger partial charge in [-0.05, 0) is 42.8 Å². The average Bonchev–Trinajstić information content (AvgIpc) is 2.56. The molecular weight excluding hydrogens is 373 g/mol. The van der Waals surface area contributed by atoms with Crippen LogP contribution in [0.15, 0.2) is 47.4 Å². The van der Waals surface area contributed by atoms with Crippen molar-refractivity contribution in [3.8, 4) is 0 Å². The molecule has 0 spiro atoms. The van der Waals surface area contributed by atoms with Crippen LogP contribution in [0.5, 0.6) is 0 Å². The third kappa shape index (κ3) is 4.27. The van der Waals surface area contributed by atoms with Gasteiger partial charge in [-0.15, -0.1) is 0 Å². The summed E-state index contributed by atoms with van der Waals surface area (Å²) in [7, 11) is -2.60. The highest BCUT2D eigenvalue weighted by molar-refractivity contribution is 7.89. The molecule has 0 amide bonds. The van der Waals surface area contributed by atoms with Crippen LogP contribution in [-0.4, -0.2) is 21.5 Å². The second kappa shape index (κ2) is 7.53. The molecule has 0 unspecified atom stereocenters. The summed E-state index contributed by atoms with van der Waals surface area (Å²) in [6, 6.07) is 9.96. The number of esters is 1. The minimum Gasteiger partial charge on any atom is -0.465 e. The zero-order valence-corrected chi connectivity index (χ0v) is 15.2. The number of sulfonamides is 1. The Morgan fingerprint density at radius 3 is 2.46 bits per heavy atom. The predicted octanol–water partition coefficient (Wildman–Crippen LogP) is 3.82. The van der Waals surface area contributed by atoms with E-state index in [1.807, 2.05) is 0 Å². The molecule has 0 saturated heterocycles. The molecule has 0 saturated carbocycles. The van der Waals surface area contributed by atoms with Crippen molar-refractivity contribution in [1.82, 2.24) is 4.72 Å². The Bertz CT molecular complexity index is 868. The van der Waals surface area contributed by atoms with Gasteiger partial charge in [0.1, 0.15) is 0 Å². The number of benzene rings is 2. The lowest BCUT2D eigenvalue weighted by atomic mass is 10.1. The van der Waals surface area contributed by atoms with Crippen LogP contribution in [0.4, 0.5) is 0 Å². The molecule has 0 fully saturated rings. The fourth-order valence-corrected chi connectivity index (χ4v) is 3.64. The molecule has 0 aromatic heterocycles. The minimum atomic E-state index is -3.83. The van der Waals surface area contributed by atoms with Gasteiger partial charge in [0, 0.05) is 6.04 Å². The highest BCUT2D eigenvalue weighted by atomic mass is 35.5. The van der Waals surface area contributed by atoms with E-state index in [9.17, 15) is 13.2 Å². The van der Waals surface area contributed by atoms with E-state index in [1.165, 1.54) is 31.4 Å². The van der Waals surface area contributed by atoms with Crippen LogP contribution in [0.1, 0.15) is 28.9 Å². The molecular formula is C16H15Cl2NO4S. The monoisotopic (exact) mass is 387 g/mol. The van der Waals surface area contributed by atoms with E-state index in [-0.39, 0.29) is 10.5 Å². The quantitative estimate of drug-likeness (QED) is 0.791. The summed E-state index contributed by atoms with van der Waals surface area (Å²) in [5.41, 5.74) is 0.819. The molecule has 24 heavy (non-hydrogen) atoms. The molecule has 2 rings (SSSR count). The van der Waals surface area contributed by atoms with E-state index in [2.05, 4.69) is 9.46 Å². The van der Waals surface area contributed by atoms with Gasteiger partial charge in [0.2, 0.25) is 10.0 Å². The summed E-state index contributed by atoms with van der Waals surface area (Å²) in [5, 5.41) is 0.731. The van der Waals surface area contributed by atoms with Crippen LogP contribution >= 0.6 is 23.2 Å². The number of methoxy groups -OCH3 is 1. The molecule has 2 aromatic rings. The van der Waals surface area contributed by atoms with Gasteiger partial charge in [0.25, 0.3) is 0 Å². The number of carbonyl (C=O) groups is 1. The van der Waals surface area contributed by atoms with E-state index in [0.29, 0.717) is 15.6 Å². The predicted molar refractivity (Wildman–Crippen MR) is 93.0 cm³/mol. The Hall–Kier alpha value is -1.60. The van der Waals surface area contributed by atoms with Crippen LogP contribution in [0, 0.1) is 0 Å². The first-order chi connectivity index (χ1) is 11.2. The lowest BCUT2D eigenvalue weighted by molar-refractivity contribution is 0.0600. The van der Waals surface area contributed by atoms with Gasteiger partial charge in [-0.25, -0.2) is 17.9 Å². The smallest absolute Gasteiger partial charge is 0.337 e. The molecule has 1 atom stereocenters. The first kappa shape index (κ1) is 18.7. The molecule has 0 heterocycles. The van der Waals surface area contributed by atoms with Crippen LogP contribution in [0.2, 0.25) is 10.0 Å². The first-order valence-electron chi connectivity index (χ1n) is 6.90. The van der Waals surface area contributed by atoms with E-state index in [4.69, 9.17) is 23.2 Å². The van der Waals surface area contributed by atoms with E-state index < -0.39 is 22.0 Å². The lowest BCUT2D eigenvalue weighted by Crippen LogP contribution is -2.27. The number of halogens is 2. The Morgan fingerprint density at radius 2 is 1.83 bits per heavy atom. The van der Waals surface area contributed by atoms with E-state index in [1.54, 1.807) is 25.1 Å². The zero-order chi connectivity index (χ0) is 17.9. The Labute approximate surface area is 150 Å². The normalized spacial score (nSPS) is 12.7. The summed E-state index contributed by atoms with van der Waals surface area (Å²) in [5.74, 6) is -0.607. The Balaban J connectivity index is 2.27. The highest BCUT2D eigenvalue weighted by Gasteiger charge is 2.20. The molecule has 2 aromatic carbocycles. The first-order valence-corrected chi connectivity index (χ1v) is 9.14. The maximum atomic E-state index is 12.5. The molecule has 0 bridgehead atoms. The van der Waals surface area contributed by atoms with Gasteiger partial charge >= 0.3 is 5.97 Å². The van der Waals surface area contributed by atoms with Crippen molar-refractivity contribution in [2.75, 3.05) is 7.11 Å². The fraction of sp³-hybridized carbons (Fsp3) is 0.188. The molecule has 1 N–H and O–H groups in total. The molecule has 8 heteroatoms. The van der Waals surface area contributed by atoms with Gasteiger partial charge in [0.15, 0.2) is 0 Å². The van der Waals surface area contributed by atoms with Crippen LogP contribution in [-0.2, 0) is 14.8 Å². The van der Waals surface area contributed by atoms with E-state index in [0.717, 1.165) is 0 Å². The SMILES string of the molecule is COC(=O)c1cccc(S(=O)(=O)N[C@@H](C)c2ccc(Cl)c(Cl)c2)c1. The number of hydrogen-bond acceptors (Lipinski definition) is 4. The number of ether oxygens (including phenoxy) is 1. The van der Waals surface area contributed by atoms with E-state index >= 15 is 0 Å². The van der Waals surface area contributed by atoms with Gasteiger partial charge in [0.05, 0.1) is 27.6 Å². The zero-order valence-electron chi connectivity index (χ0n) is 12.9. The maximum absolute atomic E-state index is 12.5. The molecule has 0 aliphatic heterocycles. The van der Waals surface area contributed by atoms with Crippen molar-refractivity contribution >= 4 is 39.2 Å². The van der Waals surface area contributed by atoms with Crippen LogP contribution < -0.4 is 4.72 Å². The molecule has 0 aliphatic carbocycles. The third-order valence-electron chi connectivity index (χ3n) is 3.34. The van der Waals surface area contributed by atoms with Crippen LogP contribution in [0.25, 0.3) is 0 Å². The molecule has 0 aliphatic rings. The standard InChI is InChI=1S/C16H15Cl2NO4S/c1-10(11-6-7-14(17)15(18)9-11)19-24(21,22)13-5-3-4-12(8-13)16(20)23-2/h3-10,19H,1-2H3/t10-/m0/s1. The average molecular weight is 388 g/mol. The number of rotatable bonds is 5. The van der Waals surface area contributed by atoms with Crippen molar-refractivity contribution in [3.63, 3.8) is 0 Å². The fourth-order valence-electron chi connectivity index (χ4n) is 2.06. The summed E-state index contributed by atoms with van der Waals surface area (Å²) in [4.78, 5) is 11.5. The molecule has 0 radical (unpaired) electrons. The second-order valence-corrected chi connectivity index (χ2v) is 7.56. The highest BCUT2D eigenvalue weighted by Crippen LogP contribution is 2.26. The summed E-state index contributed by atoms with van der Waals surface area (Å²) >= 11 is 11.8. The number of carbonyl (C=O) groups excluding carboxylic acids is 1. The van der Waals surface area contributed by atoms with Gasteiger partial charge in [-0.1, -0.05) is 35.3 Å². The van der Waals surface area contributed by atoms with Gasteiger partial charge < -0.3 is 4.74 Å². The molecule has 5 nitrogen and oxygen atoms in total. The molecule has 128 valence electrons. The van der Waals surface area contributed by atoms with Crippen molar-refractivity contribution < 1.29 is 17.9 Å². The van der Waals surface area contributed by atoms with Crippen molar-refractivity contribution in [2.45, 2.75) is 17.9 Å². The summed E-state index contributed by atoms with van der Waals surface area (Å²) in [6.45, 7) is 1.68. The number of hydrogen-bond donors (Lipinski definition) is 1. The Kier molecular flexibility index (Phi) is 5.87. The van der Waals surface area contributed by atoms with Crippen LogP contribution in [0.3, 0.4) is 0 Å². The summed E-state index contributed by atoms with van der Waals surface area (Å²) in [6.07, 6.45) is 0. The Morgan fingerprint density at radius 1 is 1.12 bits per heavy atom. The maximum Gasteiger partial charge on any atom is 0.337 e. The number of nitrogens with one attached hydrogen (secondary N) is 1. The minimum absolute atomic E-state index is 0.0303. The lowest BCUT2D eigenvalue weighted by Gasteiger charge is -2.15.